The second-order valence-electron chi connectivity index (χ2n) is 6.38. The number of carbonyl (C=O) groups is 1. The van der Waals surface area contributed by atoms with Gasteiger partial charge in [-0.25, -0.2) is 0 Å². The number of hydrogen-bond donors (Lipinski definition) is 1. The first-order valence-electron chi connectivity index (χ1n) is 7.62. The Kier molecular flexibility index (Phi) is 4.85. The van der Waals surface area contributed by atoms with Gasteiger partial charge in [-0.2, -0.15) is 0 Å². The zero-order valence-corrected chi connectivity index (χ0v) is 12.2. The van der Waals surface area contributed by atoms with Crippen molar-refractivity contribution in [1.82, 2.24) is 4.90 Å². The minimum Gasteiger partial charge on any atom is -0.481 e. The van der Waals surface area contributed by atoms with Crippen molar-refractivity contribution in [2.75, 3.05) is 19.7 Å². The molecule has 3 unspecified atom stereocenters. The lowest BCUT2D eigenvalue weighted by Gasteiger charge is -2.41. The SMILES string of the molecule is CCC1(C)CC(N2CCC(CCC(=O)O)C2)CCO1. The van der Waals surface area contributed by atoms with Crippen LogP contribution in [0.3, 0.4) is 0 Å². The highest BCUT2D eigenvalue weighted by Crippen LogP contribution is 2.33. The van der Waals surface area contributed by atoms with Gasteiger partial charge in [0.1, 0.15) is 0 Å². The molecule has 4 heteroatoms. The molecule has 2 fully saturated rings. The van der Waals surface area contributed by atoms with Gasteiger partial charge in [0.2, 0.25) is 0 Å². The van der Waals surface area contributed by atoms with E-state index < -0.39 is 5.97 Å². The van der Waals surface area contributed by atoms with Crippen LogP contribution >= 0.6 is 0 Å². The van der Waals surface area contributed by atoms with E-state index in [1.807, 2.05) is 0 Å². The Balaban J connectivity index is 1.81. The summed E-state index contributed by atoms with van der Waals surface area (Å²) in [5, 5.41) is 8.76. The topological polar surface area (TPSA) is 49.8 Å². The molecule has 0 saturated carbocycles. The van der Waals surface area contributed by atoms with E-state index in [1.54, 1.807) is 0 Å². The molecule has 2 aliphatic rings. The third kappa shape index (κ3) is 3.93. The molecule has 19 heavy (non-hydrogen) atoms. The summed E-state index contributed by atoms with van der Waals surface area (Å²) in [6.07, 6.45) is 5.63. The van der Waals surface area contributed by atoms with Gasteiger partial charge in [-0.1, -0.05) is 6.92 Å². The largest absolute Gasteiger partial charge is 0.481 e. The number of carboxylic acids is 1. The van der Waals surface area contributed by atoms with E-state index in [0.29, 0.717) is 18.4 Å². The molecular weight excluding hydrogens is 242 g/mol. The number of rotatable bonds is 5. The number of carboxylic acid groups (broad SMARTS) is 1. The average Bonchev–Trinajstić information content (AvgIpc) is 2.85. The van der Waals surface area contributed by atoms with Crippen LogP contribution in [-0.2, 0) is 9.53 Å². The second-order valence-corrected chi connectivity index (χ2v) is 6.38. The molecule has 0 aromatic heterocycles. The fraction of sp³-hybridized carbons (Fsp3) is 0.933. The van der Waals surface area contributed by atoms with E-state index in [4.69, 9.17) is 9.84 Å². The molecule has 0 aromatic carbocycles. The van der Waals surface area contributed by atoms with E-state index in [1.165, 1.54) is 0 Å². The van der Waals surface area contributed by atoms with E-state index in [2.05, 4.69) is 18.7 Å². The van der Waals surface area contributed by atoms with Crippen LogP contribution in [0.15, 0.2) is 0 Å². The maximum atomic E-state index is 10.6. The van der Waals surface area contributed by atoms with Crippen molar-refractivity contribution in [1.29, 1.82) is 0 Å². The highest BCUT2D eigenvalue weighted by Gasteiger charge is 2.36. The van der Waals surface area contributed by atoms with Gasteiger partial charge in [0.05, 0.1) is 5.60 Å². The zero-order valence-electron chi connectivity index (χ0n) is 12.2. The molecule has 0 spiro atoms. The van der Waals surface area contributed by atoms with Crippen LogP contribution in [-0.4, -0.2) is 47.3 Å². The van der Waals surface area contributed by atoms with Crippen LogP contribution in [0, 0.1) is 5.92 Å². The minimum absolute atomic E-state index is 0.0437. The Hall–Kier alpha value is -0.610. The number of aliphatic carboxylic acids is 1. The Morgan fingerprint density at radius 1 is 1.47 bits per heavy atom. The smallest absolute Gasteiger partial charge is 0.303 e. The van der Waals surface area contributed by atoms with Crippen molar-refractivity contribution < 1.29 is 14.6 Å². The highest BCUT2D eigenvalue weighted by atomic mass is 16.5. The summed E-state index contributed by atoms with van der Waals surface area (Å²) >= 11 is 0. The Morgan fingerprint density at radius 2 is 2.26 bits per heavy atom. The number of nitrogens with zero attached hydrogens (tertiary/aromatic N) is 1. The van der Waals surface area contributed by atoms with Crippen molar-refractivity contribution in [2.45, 2.75) is 64.0 Å². The summed E-state index contributed by atoms with van der Waals surface area (Å²) in [4.78, 5) is 13.2. The Labute approximate surface area is 116 Å². The van der Waals surface area contributed by atoms with Gasteiger partial charge in [-0.15, -0.1) is 0 Å². The van der Waals surface area contributed by atoms with Gasteiger partial charge in [0.15, 0.2) is 0 Å². The molecule has 0 bridgehead atoms. The first-order valence-corrected chi connectivity index (χ1v) is 7.62. The highest BCUT2D eigenvalue weighted by molar-refractivity contribution is 5.66. The molecule has 110 valence electrons. The van der Waals surface area contributed by atoms with Crippen molar-refractivity contribution in [3.63, 3.8) is 0 Å². The number of ether oxygens (including phenoxy) is 1. The van der Waals surface area contributed by atoms with Gasteiger partial charge in [0.25, 0.3) is 0 Å². The van der Waals surface area contributed by atoms with Gasteiger partial charge < -0.3 is 9.84 Å². The lowest BCUT2D eigenvalue weighted by atomic mass is 9.89. The van der Waals surface area contributed by atoms with Crippen molar-refractivity contribution in [2.24, 2.45) is 5.92 Å². The summed E-state index contributed by atoms with van der Waals surface area (Å²) in [6.45, 7) is 7.50. The van der Waals surface area contributed by atoms with Crippen LogP contribution in [0.5, 0.6) is 0 Å². The first kappa shape index (κ1) is 14.8. The Bertz CT molecular complexity index is 321. The monoisotopic (exact) mass is 269 g/mol. The van der Waals surface area contributed by atoms with E-state index in [9.17, 15) is 4.79 Å². The van der Waals surface area contributed by atoms with Crippen molar-refractivity contribution in [3.05, 3.63) is 0 Å². The third-order valence-corrected chi connectivity index (χ3v) is 4.92. The van der Waals surface area contributed by atoms with Gasteiger partial charge in [0, 0.05) is 25.6 Å². The summed E-state index contributed by atoms with van der Waals surface area (Å²) < 4.78 is 5.91. The quantitative estimate of drug-likeness (QED) is 0.833. The summed E-state index contributed by atoms with van der Waals surface area (Å²) in [5.41, 5.74) is 0.0437. The molecule has 0 radical (unpaired) electrons. The Morgan fingerprint density at radius 3 is 2.95 bits per heavy atom. The molecule has 4 nitrogen and oxygen atoms in total. The predicted molar refractivity (Wildman–Crippen MR) is 74.2 cm³/mol. The summed E-state index contributed by atoms with van der Waals surface area (Å²) in [6, 6.07) is 0.633. The summed E-state index contributed by atoms with van der Waals surface area (Å²) in [5.74, 6) is -0.0881. The van der Waals surface area contributed by atoms with Crippen LogP contribution in [0.1, 0.15) is 52.4 Å². The predicted octanol–water partition coefficient (Wildman–Crippen LogP) is 2.52. The molecule has 2 aliphatic heterocycles. The second kappa shape index (κ2) is 6.23. The van der Waals surface area contributed by atoms with Gasteiger partial charge in [-0.3, -0.25) is 9.69 Å². The van der Waals surface area contributed by atoms with Crippen LogP contribution in [0.25, 0.3) is 0 Å². The standard InChI is InChI=1S/C15H27NO3/c1-3-15(2)10-13(7-9-19-15)16-8-6-12(11-16)4-5-14(17)18/h12-13H,3-11H2,1-2H3,(H,17,18). The fourth-order valence-corrected chi connectivity index (χ4v) is 3.42. The molecule has 0 aromatic rings. The molecule has 1 N–H and O–H groups in total. The van der Waals surface area contributed by atoms with Crippen LogP contribution in [0.2, 0.25) is 0 Å². The molecule has 3 atom stereocenters. The molecule has 2 saturated heterocycles. The minimum atomic E-state index is -0.664. The van der Waals surface area contributed by atoms with Crippen LogP contribution in [0.4, 0.5) is 0 Å². The maximum absolute atomic E-state index is 10.6. The first-order chi connectivity index (χ1) is 9.02. The van der Waals surface area contributed by atoms with Crippen LogP contribution < -0.4 is 0 Å². The molecule has 0 aliphatic carbocycles. The van der Waals surface area contributed by atoms with E-state index in [-0.39, 0.29) is 5.60 Å². The van der Waals surface area contributed by atoms with Crippen molar-refractivity contribution in [3.8, 4) is 0 Å². The number of hydrogen-bond acceptors (Lipinski definition) is 3. The van der Waals surface area contributed by atoms with E-state index >= 15 is 0 Å². The molecule has 0 amide bonds. The number of likely N-dealkylation sites (tertiary alicyclic amines) is 1. The zero-order chi connectivity index (χ0) is 13.9. The lowest BCUT2D eigenvalue weighted by molar-refractivity contribution is -0.137. The molecular formula is C15H27NO3. The van der Waals surface area contributed by atoms with Gasteiger partial charge in [-0.05, 0) is 51.5 Å². The van der Waals surface area contributed by atoms with Gasteiger partial charge >= 0.3 is 5.97 Å². The normalized spacial score (nSPS) is 36.5. The lowest BCUT2D eigenvalue weighted by Crippen LogP contribution is -2.46. The third-order valence-electron chi connectivity index (χ3n) is 4.92. The van der Waals surface area contributed by atoms with E-state index in [0.717, 1.165) is 51.8 Å². The summed E-state index contributed by atoms with van der Waals surface area (Å²) in [7, 11) is 0. The average molecular weight is 269 g/mol. The molecule has 2 heterocycles. The fourth-order valence-electron chi connectivity index (χ4n) is 3.42. The molecule has 2 rings (SSSR count). The maximum Gasteiger partial charge on any atom is 0.303 e. The van der Waals surface area contributed by atoms with Crippen molar-refractivity contribution >= 4 is 5.97 Å².